The number of nitrogens with two attached hydrogens (primary N) is 1. The monoisotopic (exact) mass is 260 g/mol. The van der Waals surface area contributed by atoms with Crippen molar-refractivity contribution in [1.82, 2.24) is 14.7 Å². The summed E-state index contributed by atoms with van der Waals surface area (Å²) in [6, 6.07) is 9.43. The molecule has 0 aliphatic carbocycles. The van der Waals surface area contributed by atoms with E-state index in [2.05, 4.69) is 5.10 Å². The Kier molecular flexibility index (Phi) is 3.41. The van der Waals surface area contributed by atoms with E-state index in [1.165, 1.54) is 4.90 Å². The number of hydrogen-bond donors (Lipinski definition) is 1. The minimum absolute atomic E-state index is 0.222. The normalized spacial score (nSPS) is 10.3. The molecule has 1 aromatic heterocycles. The van der Waals surface area contributed by atoms with Gasteiger partial charge in [-0.05, 0) is 19.1 Å². The van der Waals surface area contributed by atoms with Gasteiger partial charge in [0.25, 0.3) is 0 Å². The molecule has 1 amide bonds. The summed E-state index contributed by atoms with van der Waals surface area (Å²) < 4.78 is 6.71. The summed E-state index contributed by atoms with van der Waals surface area (Å²) in [6.45, 7) is 1.76. The Balaban J connectivity index is 2.37. The molecule has 2 aromatic rings. The number of ether oxygens (including phenoxy) is 1. The number of amides is 1. The van der Waals surface area contributed by atoms with Gasteiger partial charge in [-0.15, -0.1) is 5.10 Å². The van der Waals surface area contributed by atoms with Crippen molar-refractivity contribution in [1.29, 1.82) is 0 Å². The smallest absolute Gasteiger partial charge is 0.389 e. The molecule has 2 N–H and O–H groups in total. The summed E-state index contributed by atoms with van der Waals surface area (Å²) in [7, 11) is 3.21. The molecule has 6 heteroatoms. The first-order valence-electron chi connectivity index (χ1n) is 5.80. The van der Waals surface area contributed by atoms with Crippen LogP contribution in [0, 0.1) is 6.92 Å². The van der Waals surface area contributed by atoms with Crippen LogP contribution in [0.4, 0.5) is 10.6 Å². The van der Waals surface area contributed by atoms with E-state index in [1.54, 1.807) is 25.7 Å². The SMILES string of the molecule is Cc1c(OC(=O)N(C)C)nn(-c2ccccc2)c1N. The Labute approximate surface area is 111 Å². The summed E-state index contributed by atoms with van der Waals surface area (Å²) in [5, 5.41) is 4.22. The summed E-state index contributed by atoms with van der Waals surface area (Å²) in [5.41, 5.74) is 7.44. The van der Waals surface area contributed by atoms with Crippen LogP contribution in [0.5, 0.6) is 5.88 Å². The second-order valence-corrected chi connectivity index (χ2v) is 4.33. The zero-order chi connectivity index (χ0) is 14.0. The Morgan fingerprint density at radius 1 is 1.32 bits per heavy atom. The summed E-state index contributed by atoms with van der Waals surface area (Å²) in [6.07, 6.45) is -0.485. The lowest BCUT2D eigenvalue weighted by molar-refractivity contribution is 0.169. The highest BCUT2D eigenvalue weighted by Gasteiger charge is 2.17. The molecule has 0 aliphatic heterocycles. The minimum atomic E-state index is -0.485. The van der Waals surface area contributed by atoms with Gasteiger partial charge in [-0.1, -0.05) is 18.2 Å². The number of rotatable bonds is 2. The molecule has 1 heterocycles. The van der Waals surface area contributed by atoms with E-state index in [4.69, 9.17) is 10.5 Å². The minimum Gasteiger partial charge on any atom is -0.389 e. The lowest BCUT2D eigenvalue weighted by atomic mass is 10.3. The maximum Gasteiger partial charge on any atom is 0.416 e. The van der Waals surface area contributed by atoms with Crippen LogP contribution in [0.15, 0.2) is 30.3 Å². The Hall–Kier alpha value is -2.50. The Morgan fingerprint density at radius 2 is 1.95 bits per heavy atom. The predicted octanol–water partition coefficient (Wildman–Crippen LogP) is 1.82. The fourth-order valence-electron chi connectivity index (χ4n) is 1.53. The molecule has 2 rings (SSSR count). The van der Waals surface area contributed by atoms with E-state index < -0.39 is 6.09 Å². The van der Waals surface area contributed by atoms with Crippen LogP contribution in [0.2, 0.25) is 0 Å². The van der Waals surface area contributed by atoms with E-state index in [0.29, 0.717) is 11.4 Å². The number of anilines is 1. The fraction of sp³-hybridized carbons (Fsp3) is 0.231. The maximum atomic E-state index is 11.5. The third kappa shape index (κ3) is 2.52. The Bertz CT molecular complexity index is 590. The molecule has 6 nitrogen and oxygen atoms in total. The van der Waals surface area contributed by atoms with Crippen molar-refractivity contribution < 1.29 is 9.53 Å². The van der Waals surface area contributed by atoms with Gasteiger partial charge >= 0.3 is 6.09 Å². The van der Waals surface area contributed by atoms with E-state index in [0.717, 1.165) is 5.69 Å². The second kappa shape index (κ2) is 5.01. The van der Waals surface area contributed by atoms with Crippen LogP contribution in [-0.2, 0) is 0 Å². The first-order valence-corrected chi connectivity index (χ1v) is 5.80. The summed E-state index contributed by atoms with van der Waals surface area (Å²) >= 11 is 0. The first-order chi connectivity index (χ1) is 9.00. The van der Waals surface area contributed by atoms with E-state index in [1.807, 2.05) is 30.3 Å². The third-order valence-corrected chi connectivity index (χ3v) is 2.67. The highest BCUT2D eigenvalue weighted by Crippen LogP contribution is 2.25. The highest BCUT2D eigenvalue weighted by atomic mass is 16.6. The lowest BCUT2D eigenvalue weighted by Crippen LogP contribution is -2.25. The van der Waals surface area contributed by atoms with Crippen molar-refractivity contribution in [2.75, 3.05) is 19.8 Å². The summed E-state index contributed by atoms with van der Waals surface area (Å²) in [4.78, 5) is 12.9. The maximum absolute atomic E-state index is 11.5. The molecule has 0 saturated carbocycles. The van der Waals surface area contributed by atoms with Crippen molar-refractivity contribution in [3.63, 3.8) is 0 Å². The molecular weight excluding hydrogens is 244 g/mol. The van der Waals surface area contributed by atoms with Crippen molar-refractivity contribution >= 4 is 11.9 Å². The van der Waals surface area contributed by atoms with E-state index in [-0.39, 0.29) is 5.88 Å². The van der Waals surface area contributed by atoms with Crippen LogP contribution in [0.25, 0.3) is 5.69 Å². The van der Waals surface area contributed by atoms with Gasteiger partial charge in [-0.3, -0.25) is 0 Å². The van der Waals surface area contributed by atoms with Crippen molar-refractivity contribution in [3.05, 3.63) is 35.9 Å². The average molecular weight is 260 g/mol. The molecule has 0 fully saturated rings. The average Bonchev–Trinajstić information content (AvgIpc) is 2.68. The standard InChI is InChI=1S/C13H16N4O2/c1-9-11(14)17(10-7-5-4-6-8-10)15-12(9)19-13(18)16(2)3/h4-8H,14H2,1-3H3. The molecule has 0 bridgehead atoms. The predicted molar refractivity (Wildman–Crippen MR) is 72.4 cm³/mol. The molecule has 0 aliphatic rings. The van der Waals surface area contributed by atoms with Gasteiger partial charge in [-0.25, -0.2) is 9.48 Å². The van der Waals surface area contributed by atoms with Gasteiger partial charge in [-0.2, -0.15) is 0 Å². The quantitative estimate of drug-likeness (QED) is 0.893. The van der Waals surface area contributed by atoms with Gasteiger partial charge in [0.2, 0.25) is 5.88 Å². The van der Waals surface area contributed by atoms with Gasteiger partial charge in [0.05, 0.1) is 11.3 Å². The zero-order valence-electron chi connectivity index (χ0n) is 11.1. The number of nitrogens with zero attached hydrogens (tertiary/aromatic N) is 3. The molecule has 0 atom stereocenters. The first kappa shape index (κ1) is 12.9. The molecule has 100 valence electrons. The largest absolute Gasteiger partial charge is 0.416 e. The van der Waals surface area contributed by atoms with E-state index in [9.17, 15) is 4.79 Å². The lowest BCUT2D eigenvalue weighted by Gasteiger charge is -2.08. The number of carbonyl (C=O) groups excluding carboxylic acids is 1. The number of benzene rings is 1. The molecule has 0 unspecified atom stereocenters. The molecule has 1 aromatic carbocycles. The number of para-hydroxylation sites is 1. The molecular formula is C13H16N4O2. The zero-order valence-corrected chi connectivity index (χ0v) is 11.1. The van der Waals surface area contributed by atoms with Crippen molar-refractivity contribution in [2.45, 2.75) is 6.92 Å². The van der Waals surface area contributed by atoms with Gasteiger partial charge in [0.15, 0.2) is 0 Å². The Morgan fingerprint density at radius 3 is 2.53 bits per heavy atom. The van der Waals surface area contributed by atoms with Crippen LogP contribution in [-0.4, -0.2) is 34.9 Å². The van der Waals surface area contributed by atoms with Crippen LogP contribution in [0.3, 0.4) is 0 Å². The number of nitrogen functional groups attached to an aromatic ring is 1. The second-order valence-electron chi connectivity index (χ2n) is 4.33. The number of aromatic nitrogens is 2. The topological polar surface area (TPSA) is 73.4 Å². The van der Waals surface area contributed by atoms with Crippen molar-refractivity contribution in [2.24, 2.45) is 0 Å². The fourth-order valence-corrected chi connectivity index (χ4v) is 1.53. The van der Waals surface area contributed by atoms with Crippen molar-refractivity contribution in [3.8, 4) is 11.6 Å². The van der Waals surface area contributed by atoms with E-state index >= 15 is 0 Å². The molecule has 0 radical (unpaired) electrons. The third-order valence-electron chi connectivity index (χ3n) is 2.67. The van der Waals surface area contributed by atoms with Crippen LogP contribution >= 0.6 is 0 Å². The van der Waals surface area contributed by atoms with Crippen LogP contribution < -0.4 is 10.5 Å². The number of carbonyl (C=O) groups is 1. The summed E-state index contributed by atoms with van der Waals surface area (Å²) in [5.74, 6) is 0.674. The number of hydrogen-bond acceptors (Lipinski definition) is 4. The van der Waals surface area contributed by atoms with Crippen LogP contribution in [0.1, 0.15) is 5.56 Å². The van der Waals surface area contributed by atoms with Gasteiger partial charge in [0, 0.05) is 14.1 Å². The molecule has 0 saturated heterocycles. The molecule has 0 spiro atoms. The molecule has 19 heavy (non-hydrogen) atoms. The van der Waals surface area contributed by atoms with Gasteiger partial charge in [0.1, 0.15) is 5.82 Å². The highest BCUT2D eigenvalue weighted by molar-refractivity contribution is 5.70. The van der Waals surface area contributed by atoms with Gasteiger partial charge < -0.3 is 15.4 Å².